The number of amides is 1. The monoisotopic (exact) mass is 287 g/mol. The van der Waals surface area contributed by atoms with Crippen molar-refractivity contribution in [3.63, 3.8) is 0 Å². The Kier molecular flexibility index (Phi) is 5.69. The molecule has 0 aliphatic carbocycles. The Morgan fingerprint density at radius 1 is 1.53 bits per heavy atom. The average molecular weight is 288 g/mol. The molecule has 106 valence electrons. The first-order valence-electron chi connectivity index (χ1n) is 6.27. The normalized spacial score (nSPS) is 20.6. The molecule has 1 aromatic heterocycles. The van der Waals surface area contributed by atoms with E-state index < -0.39 is 5.82 Å². The molecular weight excluding hydrogens is 269 g/mol. The molecule has 0 spiro atoms. The molecule has 4 nitrogen and oxygen atoms in total. The van der Waals surface area contributed by atoms with E-state index in [9.17, 15) is 9.18 Å². The number of pyridine rings is 1. The topological polar surface area (TPSA) is 59.2 Å². The summed E-state index contributed by atoms with van der Waals surface area (Å²) in [4.78, 5) is 17.9. The minimum absolute atomic E-state index is 0. The highest BCUT2D eigenvalue weighted by Crippen LogP contribution is 2.20. The molecule has 2 unspecified atom stereocenters. The van der Waals surface area contributed by atoms with Gasteiger partial charge in [-0.2, -0.15) is 0 Å². The second kappa shape index (κ2) is 6.82. The third-order valence-corrected chi connectivity index (χ3v) is 3.36. The number of aromatic nitrogens is 1. The molecule has 2 heterocycles. The first-order valence-corrected chi connectivity index (χ1v) is 6.27. The van der Waals surface area contributed by atoms with Gasteiger partial charge >= 0.3 is 0 Å². The van der Waals surface area contributed by atoms with Gasteiger partial charge in [0.25, 0.3) is 5.91 Å². The molecule has 1 saturated heterocycles. The largest absolute Gasteiger partial charge is 0.333 e. The molecule has 1 aliphatic rings. The van der Waals surface area contributed by atoms with E-state index in [1.807, 2.05) is 6.92 Å². The zero-order chi connectivity index (χ0) is 13.1. The van der Waals surface area contributed by atoms with Gasteiger partial charge in [0.05, 0.1) is 6.20 Å². The number of hydrogen-bond acceptors (Lipinski definition) is 3. The summed E-state index contributed by atoms with van der Waals surface area (Å²) < 4.78 is 12.8. The van der Waals surface area contributed by atoms with Crippen LogP contribution in [0.4, 0.5) is 4.39 Å². The smallest absolute Gasteiger partial charge is 0.272 e. The Labute approximate surface area is 118 Å². The summed E-state index contributed by atoms with van der Waals surface area (Å²) in [6.45, 7) is 2.61. The molecule has 0 bridgehead atoms. The Morgan fingerprint density at radius 2 is 2.26 bits per heavy atom. The number of carbonyl (C=O) groups excluding carboxylic acids is 1. The number of nitrogens with zero attached hydrogens (tertiary/aromatic N) is 2. The van der Waals surface area contributed by atoms with Crippen LogP contribution >= 0.6 is 12.4 Å². The van der Waals surface area contributed by atoms with E-state index in [1.165, 1.54) is 12.1 Å². The van der Waals surface area contributed by atoms with Gasteiger partial charge in [0.2, 0.25) is 0 Å². The quantitative estimate of drug-likeness (QED) is 0.905. The Hall–Kier alpha value is -1.20. The third kappa shape index (κ3) is 3.64. The maximum absolute atomic E-state index is 12.8. The zero-order valence-electron chi connectivity index (χ0n) is 10.9. The second-order valence-corrected chi connectivity index (χ2v) is 4.78. The fourth-order valence-electron chi connectivity index (χ4n) is 2.41. The second-order valence-electron chi connectivity index (χ2n) is 4.78. The molecular formula is C13H19ClFN3O. The van der Waals surface area contributed by atoms with Crippen LogP contribution in [-0.4, -0.2) is 34.4 Å². The molecule has 1 aliphatic heterocycles. The van der Waals surface area contributed by atoms with Crippen molar-refractivity contribution in [3.05, 3.63) is 29.8 Å². The lowest BCUT2D eigenvalue weighted by Gasteiger charge is -2.37. The first kappa shape index (κ1) is 15.9. The van der Waals surface area contributed by atoms with Crippen LogP contribution in [0.5, 0.6) is 0 Å². The predicted molar refractivity (Wildman–Crippen MR) is 73.8 cm³/mol. The summed E-state index contributed by atoms with van der Waals surface area (Å²) in [7, 11) is 0. The van der Waals surface area contributed by atoms with E-state index in [1.54, 1.807) is 4.90 Å². The number of carbonyl (C=O) groups is 1. The summed E-state index contributed by atoms with van der Waals surface area (Å²) in [6.07, 6.45) is 4.06. The molecule has 6 heteroatoms. The number of nitrogens with two attached hydrogens (primary N) is 1. The van der Waals surface area contributed by atoms with Crippen molar-refractivity contribution in [1.29, 1.82) is 0 Å². The highest BCUT2D eigenvalue weighted by molar-refractivity contribution is 5.92. The molecule has 1 amide bonds. The van der Waals surface area contributed by atoms with Crippen LogP contribution in [0.25, 0.3) is 0 Å². The molecule has 1 fully saturated rings. The van der Waals surface area contributed by atoms with Gasteiger partial charge < -0.3 is 10.6 Å². The van der Waals surface area contributed by atoms with Gasteiger partial charge in [0.15, 0.2) is 0 Å². The van der Waals surface area contributed by atoms with Gasteiger partial charge in [0, 0.05) is 18.6 Å². The molecule has 0 aromatic carbocycles. The molecule has 0 saturated carbocycles. The van der Waals surface area contributed by atoms with Crippen molar-refractivity contribution in [3.8, 4) is 0 Å². The average Bonchev–Trinajstić information content (AvgIpc) is 2.39. The Bertz CT molecular complexity index is 424. The summed E-state index contributed by atoms with van der Waals surface area (Å²) in [6, 6.07) is 2.67. The van der Waals surface area contributed by atoms with Crippen molar-refractivity contribution in [1.82, 2.24) is 9.88 Å². The van der Waals surface area contributed by atoms with Gasteiger partial charge in [-0.05, 0) is 38.3 Å². The lowest BCUT2D eigenvalue weighted by Crippen LogP contribution is -2.51. The van der Waals surface area contributed by atoms with Crippen LogP contribution < -0.4 is 5.73 Å². The van der Waals surface area contributed by atoms with Crippen LogP contribution in [0.2, 0.25) is 0 Å². The van der Waals surface area contributed by atoms with Gasteiger partial charge in [-0.15, -0.1) is 12.4 Å². The highest BCUT2D eigenvalue weighted by Gasteiger charge is 2.30. The minimum Gasteiger partial charge on any atom is -0.333 e. The number of likely N-dealkylation sites (tertiary alicyclic amines) is 1. The number of rotatable bonds is 2. The van der Waals surface area contributed by atoms with Crippen molar-refractivity contribution in [2.75, 3.05) is 6.54 Å². The molecule has 1 aromatic rings. The maximum Gasteiger partial charge on any atom is 0.272 e. The van der Waals surface area contributed by atoms with Crippen LogP contribution in [-0.2, 0) is 0 Å². The third-order valence-electron chi connectivity index (χ3n) is 3.36. The molecule has 2 N–H and O–H groups in total. The van der Waals surface area contributed by atoms with Crippen molar-refractivity contribution in [2.24, 2.45) is 5.73 Å². The van der Waals surface area contributed by atoms with Crippen molar-refractivity contribution in [2.45, 2.75) is 38.3 Å². The van der Waals surface area contributed by atoms with E-state index in [4.69, 9.17) is 5.73 Å². The summed E-state index contributed by atoms with van der Waals surface area (Å²) in [5.74, 6) is -0.592. The Balaban J connectivity index is 0.00000180. The maximum atomic E-state index is 12.8. The van der Waals surface area contributed by atoms with Gasteiger partial charge in [-0.1, -0.05) is 0 Å². The summed E-state index contributed by atoms with van der Waals surface area (Å²) in [5.41, 5.74) is 6.20. The highest BCUT2D eigenvalue weighted by atomic mass is 35.5. The minimum atomic E-state index is -0.436. The van der Waals surface area contributed by atoms with E-state index in [0.29, 0.717) is 6.54 Å². The molecule has 2 atom stereocenters. The number of piperidine rings is 1. The van der Waals surface area contributed by atoms with Crippen LogP contribution in [0.3, 0.4) is 0 Å². The lowest BCUT2D eigenvalue weighted by molar-refractivity contribution is 0.0577. The number of hydrogen-bond donors (Lipinski definition) is 1. The molecule has 2 rings (SSSR count). The van der Waals surface area contributed by atoms with Crippen LogP contribution in [0, 0.1) is 5.82 Å². The van der Waals surface area contributed by atoms with E-state index >= 15 is 0 Å². The predicted octanol–water partition coefficient (Wildman–Crippen LogP) is 1.98. The van der Waals surface area contributed by atoms with E-state index in [0.717, 1.165) is 25.5 Å². The lowest BCUT2D eigenvalue weighted by atomic mass is 9.96. The molecule has 19 heavy (non-hydrogen) atoms. The zero-order valence-corrected chi connectivity index (χ0v) is 11.7. The van der Waals surface area contributed by atoms with Gasteiger partial charge in [0.1, 0.15) is 11.5 Å². The molecule has 0 radical (unpaired) electrons. The van der Waals surface area contributed by atoms with E-state index in [-0.39, 0.29) is 36.1 Å². The van der Waals surface area contributed by atoms with Gasteiger partial charge in [-0.25, -0.2) is 9.37 Å². The number of halogens is 2. The Morgan fingerprint density at radius 3 is 2.84 bits per heavy atom. The summed E-state index contributed by atoms with van der Waals surface area (Å²) >= 11 is 0. The van der Waals surface area contributed by atoms with Gasteiger partial charge in [-0.3, -0.25) is 4.79 Å². The fraction of sp³-hybridized carbons (Fsp3) is 0.538. The van der Waals surface area contributed by atoms with E-state index in [2.05, 4.69) is 4.98 Å². The first-order chi connectivity index (χ1) is 8.59. The van der Waals surface area contributed by atoms with Crippen LogP contribution in [0.1, 0.15) is 36.7 Å². The summed E-state index contributed by atoms with van der Waals surface area (Å²) in [5, 5.41) is 0. The van der Waals surface area contributed by atoms with Crippen LogP contribution in [0.15, 0.2) is 18.3 Å². The van der Waals surface area contributed by atoms with Crippen molar-refractivity contribution < 1.29 is 9.18 Å². The van der Waals surface area contributed by atoms with Crippen molar-refractivity contribution >= 4 is 18.3 Å². The SMILES string of the molecule is CC(N)C1CCCCN1C(=O)c1ccc(F)cn1.Cl. The standard InChI is InChI=1S/C13H18FN3O.ClH/c1-9(15)12-4-2-3-7-17(12)13(18)11-6-5-10(14)8-16-11;/h5-6,8-9,12H,2-4,7,15H2,1H3;1H. The fourth-order valence-corrected chi connectivity index (χ4v) is 2.41.